The second-order valence-corrected chi connectivity index (χ2v) is 6.26. The number of aryl methyl sites for hydroxylation is 1. The van der Waals surface area contributed by atoms with Crippen LogP contribution in [-0.2, 0) is 22.6 Å². The Balaban J connectivity index is 1.51. The van der Waals surface area contributed by atoms with Crippen LogP contribution in [0.15, 0.2) is 78.9 Å². The summed E-state index contributed by atoms with van der Waals surface area (Å²) in [5, 5.41) is 5.17. The third-order valence-corrected chi connectivity index (χ3v) is 4.19. The van der Waals surface area contributed by atoms with Crippen LogP contribution in [0.25, 0.3) is 0 Å². The van der Waals surface area contributed by atoms with E-state index in [1.165, 1.54) is 0 Å². The highest BCUT2D eigenvalue weighted by Gasteiger charge is 2.14. The molecule has 0 aliphatic rings. The van der Waals surface area contributed by atoms with Crippen molar-refractivity contribution in [3.63, 3.8) is 0 Å². The molecule has 0 fully saturated rings. The summed E-state index contributed by atoms with van der Waals surface area (Å²) in [6, 6.07) is 24.1. The maximum absolute atomic E-state index is 12.1. The largest absolute Gasteiger partial charge is 0.489 e. The number of carbonyl (C=O) groups is 2. The van der Waals surface area contributed by atoms with E-state index < -0.39 is 11.8 Å². The van der Waals surface area contributed by atoms with E-state index in [0.29, 0.717) is 23.7 Å². The van der Waals surface area contributed by atoms with Gasteiger partial charge in [0.25, 0.3) is 0 Å². The molecule has 0 heterocycles. The predicted octanol–water partition coefficient (Wildman–Crippen LogP) is 4.41. The average molecular weight is 374 g/mol. The summed E-state index contributed by atoms with van der Waals surface area (Å²) in [6.07, 6.45) is 0.916. The van der Waals surface area contributed by atoms with Gasteiger partial charge in [-0.25, -0.2) is 0 Å². The molecule has 0 bridgehead atoms. The minimum atomic E-state index is -0.725. The molecule has 5 heteroatoms. The third-order valence-electron chi connectivity index (χ3n) is 4.19. The van der Waals surface area contributed by atoms with Crippen molar-refractivity contribution < 1.29 is 14.3 Å². The second-order valence-electron chi connectivity index (χ2n) is 6.26. The zero-order chi connectivity index (χ0) is 19.8. The van der Waals surface area contributed by atoms with E-state index in [2.05, 4.69) is 17.6 Å². The van der Waals surface area contributed by atoms with Crippen molar-refractivity contribution in [2.75, 3.05) is 10.6 Å². The van der Waals surface area contributed by atoms with Crippen LogP contribution in [0, 0.1) is 0 Å². The van der Waals surface area contributed by atoms with E-state index in [4.69, 9.17) is 4.74 Å². The standard InChI is InChI=1S/C23H22N2O3/c1-2-17-8-10-19(11-9-17)24-22(26)23(27)25-20-12-14-21(15-13-20)28-16-18-6-4-3-5-7-18/h3-15H,2,16H2,1H3,(H,24,26)(H,25,27). The molecule has 142 valence electrons. The number of rotatable bonds is 6. The van der Waals surface area contributed by atoms with Crippen LogP contribution in [0.1, 0.15) is 18.1 Å². The fourth-order valence-electron chi connectivity index (χ4n) is 2.57. The molecule has 0 unspecified atom stereocenters. The number of amides is 2. The lowest BCUT2D eigenvalue weighted by atomic mass is 10.1. The first-order valence-corrected chi connectivity index (χ1v) is 9.12. The molecular weight excluding hydrogens is 352 g/mol. The Morgan fingerprint density at radius 1 is 0.714 bits per heavy atom. The summed E-state index contributed by atoms with van der Waals surface area (Å²) < 4.78 is 5.71. The smallest absolute Gasteiger partial charge is 0.314 e. The number of nitrogens with one attached hydrogen (secondary N) is 2. The predicted molar refractivity (Wildman–Crippen MR) is 110 cm³/mol. The van der Waals surface area contributed by atoms with Crippen molar-refractivity contribution in [2.45, 2.75) is 20.0 Å². The molecule has 0 aromatic heterocycles. The van der Waals surface area contributed by atoms with Gasteiger partial charge in [-0.1, -0.05) is 49.4 Å². The molecule has 0 saturated heterocycles. The lowest BCUT2D eigenvalue weighted by Crippen LogP contribution is -2.29. The zero-order valence-corrected chi connectivity index (χ0v) is 15.6. The summed E-state index contributed by atoms with van der Waals surface area (Å²) in [4.78, 5) is 24.1. The van der Waals surface area contributed by atoms with Gasteiger partial charge < -0.3 is 15.4 Å². The summed E-state index contributed by atoms with van der Waals surface area (Å²) >= 11 is 0. The average Bonchev–Trinajstić information content (AvgIpc) is 2.74. The van der Waals surface area contributed by atoms with Crippen molar-refractivity contribution in [1.29, 1.82) is 0 Å². The molecule has 0 atom stereocenters. The summed E-state index contributed by atoms with van der Waals surface area (Å²) in [6.45, 7) is 2.52. The van der Waals surface area contributed by atoms with Crippen LogP contribution >= 0.6 is 0 Å². The van der Waals surface area contributed by atoms with E-state index in [1.54, 1.807) is 36.4 Å². The van der Waals surface area contributed by atoms with Gasteiger partial charge in [0, 0.05) is 11.4 Å². The number of ether oxygens (including phenoxy) is 1. The Morgan fingerprint density at radius 2 is 1.25 bits per heavy atom. The van der Waals surface area contributed by atoms with Crippen LogP contribution in [0.4, 0.5) is 11.4 Å². The fourth-order valence-corrected chi connectivity index (χ4v) is 2.57. The fraction of sp³-hybridized carbons (Fsp3) is 0.130. The quantitative estimate of drug-likeness (QED) is 0.628. The highest BCUT2D eigenvalue weighted by atomic mass is 16.5. The summed E-state index contributed by atoms with van der Waals surface area (Å²) in [5.41, 5.74) is 3.34. The monoisotopic (exact) mass is 374 g/mol. The van der Waals surface area contributed by atoms with Crippen LogP contribution in [-0.4, -0.2) is 11.8 Å². The molecule has 3 aromatic carbocycles. The Morgan fingerprint density at radius 3 is 1.79 bits per heavy atom. The molecule has 0 saturated carbocycles. The summed E-state index contributed by atoms with van der Waals surface area (Å²) in [5.74, 6) is -0.756. The Labute approximate surface area is 164 Å². The highest BCUT2D eigenvalue weighted by molar-refractivity contribution is 6.43. The van der Waals surface area contributed by atoms with Gasteiger partial charge in [0.1, 0.15) is 12.4 Å². The lowest BCUT2D eigenvalue weighted by molar-refractivity contribution is -0.132. The van der Waals surface area contributed by atoms with Gasteiger partial charge in [0.2, 0.25) is 0 Å². The van der Waals surface area contributed by atoms with Gasteiger partial charge in [-0.15, -0.1) is 0 Å². The SMILES string of the molecule is CCc1ccc(NC(=O)C(=O)Nc2ccc(OCc3ccccc3)cc2)cc1. The van der Waals surface area contributed by atoms with Crippen molar-refractivity contribution in [3.05, 3.63) is 90.0 Å². The topological polar surface area (TPSA) is 67.4 Å². The van der Waals surface area contributed by atoms with E-state index in [0.717, 1.165) is 17.5 Å². The van der Waals surface area contributed by atoms with E-state index in [-0.39, 0.29) is 0 Å². The van der Waals surface area contributed by atoms with Crippen molar-refractivity contribution in [3.8, 4) is 5.75 Å². The van der Waals surface area contributed by atoms with Crippen LogP contribution in [0.2, 0.25) is 0 Å². The molecule has 0 radical (unpaired) electrons. The first kappa shape index (κ1) is 19.2. The maximum atomic E-state index is 12.1. The van der Waals surface area contributed by atoms with E-state index in [9.17, 15) is 9.59 Å². The molecule has 0 aliphatic heterocycles. The normalized spacial score (nSPS) is 10.2. The number of hydrogen-bond donors (Lipinski definition) is 2. The molecule has 3 aromatic rings. The van der Waals surface area contributed by atoms with Crippen LogP contribution in [0.5, 0.6) is 5.75 Å². The molecule has 28 heavy (non-hydrogen) atoms. The first-order valence-electron chi connectivity index (χ1n) is 9.12. The van der Waals surface area contributed by atoms with Crippen molar-refractivity contribution >= 4 is 23.2 Å². The van der Waals surface area contributed by atoms with Crippen molar-refractivity contribution in [1.82, 2.24) is 0 Å². The Hall–Kier alpha value is -3.60. The zero-order valence-electron chi connectivity index (χ0n) is 15.6. The van der Waals surface area contributed by atoms with E-state index in [1.807, 2.05) is 42.5 Å². The Bertz CT molecular complexity index is 920. The molecule has 5 nitrogen and oxygen atoms in total. The first-order chi connectivity index (χ1) is 13.6. The number of anilines is 2. The van der Waals surface area contributed by atoms with Gasteiger partial charge in [0.15, 0.2) is 0 Å². The van der Waals surface area contributed by atoms with Gasteiger partial charge in [-0.3, -0.25) is 9.59 Å². The molecule has 0 spiro atoms. The minimum Gasteiger partial charge on any atom is -0.489 e. The van der Waals surface area contributed by atoms with Crippen LogP contribution < -0.4 is 15.4 Å². The number of hydrogen-bond acceptors (Lipinski definition) is 3. The maximum Gasteiger partial charge on any atom is 0.314 e. The molecular formula is C23H22N2O3. The van der Waals surface area contributed by atoms with E-state index >= 15 is 0 Å². The van der Waals surface area contributed by atoms with Crippen LogP contribution in [0.3, 0.4) is 0 Å². The molecule has 0 aliphatic carbocycles. The van der Waals surface area contributed by atoms with Gasteiger partial charge in [-0.2, -0.15) is 0 Å². The lowest BCUT2D eigenvalue weighted by Gasteiger charge is -2.09. The third kappa shape index (κ3) is 5.45. The van der Waals surface area contributed by atoms with Gasteiger partial charge in [-0.05, 0) is 53.9 Å². The number of benzene rings is 3. The summed E-state index contributed by atoms with van der Waals surface area (Å²) in [7, 11) is 0. The second kappa shape index (κ2) is 9.37. The Kier molecular flexibility index (Phi) is 6.41. The van der Waals surface area contributed by atoms with Gasteiger partial charge in [0.05, 0.1) is 0 Å². The molecule has 2 amide bonds. The number of carbonyl (C=O) groups excluding carboxylic acids is 2. The molecule has 3 rings (SSSR count). The highest BCUT2D eigenvalue weighted by Crippen LogP contribution is 2.17. The minimum absolute atomic E-state index is 0.464. The van der Waals surface area contributed by atoms with Crippen molar-refractivity contribution in [2.24, 2.45) is 0 Å². The molecule has 2 N–H and O–H groups in total. The van der Waals surface area contributed by atoms with Gasteiger partial charge >= 0.3 is 11.8 Å².